The molecule has 1 aliphatic rings. The molecule has 0 unspecified atom stereocenters. The van der Waals surface area contributed by atoms with Gasteiger partial charge in [-0.05, 0) is 78.8 Å². The van der Waals surface area contributed by atoms with Crippen LogP contribution >= 0.6 is 11.6 Å². The number of amides is 3. The molecule has 174 valence electrons. The number of anilines is 1. The fraction of sp³-hybridized carbons (Fsp3) is 0.222. The topological polar surface area (TPSA) is 87.3 Å². The van der Waals surface area contributed by atoms with Gasteiger partial charge < -0.3 is 16.0 Å². The summed E-state index contributed by atoms with van der Waals surface area (Å²) in [7, 11) is 0. The average molecular weight is 476 g/mol. The second kappa shape index (κ2) is 10.5. The summed E-state index contributed by atoms with van der Waals surface area (Å²) in [5.41, 5.74) is 4.34. The molecule has 7 heteroatoms. The molecule has 0 saturated heterocycles. The molecule has 1 aliphatic carbocycles. The molecule has 0 heterocycles. The van der Waals surface area contributed by atoms with Crippen LogP contribution in [0.1, 0.15) is 39.1 Å². The molecule has 0 bridgehead atoms. The Balaban J connectivity index is 1.39. The maximum Gasteiger partial charge on any atom is 0.251 e. The maximum atomic E-state index is 12.7. The smallest absolute Gasteiger partial charge is 0.251 e. The fourth-order valence-electron chi connectivity index (χ4n) is 3.56. The quantitative estimate of drug-likeness (QED) is 0.436. The fourth-order valence-corrected chi connectivity index (χ4v) is 3.74. The Morgan fingerprint density at radius 3 is 2.26 bits per heavy atom. The van der Waals surface area contributed by atoms with Crippen molar-refractivity contribution in [2.75, 3.05) is 18.4 Å². The lowest BCUT2D eigenvalue weighted by Crippen LogP contribution is -2.32. The molecule has 3 aromatic rings. The Kier molecular flexibility index (Phi) is 7.28. The van der Waals surface area contributed by atoms with Crippen molar-refractivity contribution in [3.05, 3.63) is 88.4 Å². The number of carbonyl (C=O) groups is 3. The lowest BCUT2D eigenvalue weighted by Gasteiger charge is -2.11. The third kappa shape index (κ3) is 6.02. The van der Waals surface area contributed by atoms with Gasteiger partial charge in [-0.25, -0.2) is 0 Å². The van der Waals surface area contributed by atoms with E-state index in [1.807, 2.05) is 25.1 Å². The number of halogens is 1. The first-order valence-corrected chi connectivity index (χ1v) is 11.6. The van der Waals surface area contributed by atoms with Gasteiger partial charge in [0.05, 0.1) is 17.3 Å². The molecule has 4 rings (SSSR count). The molecule has 34 heavy (non-hydrogen) atoms. The van der Waals surface area contributed by atoms with E-state index in [0.29, 0.717) is 27.8 Å². The van der Waals surface area contributed by atoms with Crippen LogP contribution in [-0.4, -0.2) is 30.8 Å². The van der Waals surface area contributed by atoms with Crippen LogP contribution in [0.3, 0.4) is 0 Å². The molecule has 0 atom stereocenters. The van der Waals surface area contributed by atoms with E-state index in [4.69, 9.17) is 11.6 Å². The maximum absolute atomic E-state index is 12.7. The number of carbonyl (C=O) groups excluding carboxylic acids is 3. The van der Waals surface area contributed by atoms with E-state index in [1.165, 1.54) is 12.8 Å². The van der Waals surface area contributed by atoms with E-state index in [9.17, 15) is 14.4 Å². The largest absolute Gasteiger partial charge is 0.352 e. The Labute approximate surface area is 203 Å². The molecule has 1 saturated carbocycles. The Bertz CT molecular complexity index is 1220. The number of rotatable bonds is 8. The van der Waals surface area contributed by atoms with Crippen molar-refractivity contribution in [3.63, 3.8) is 0 Å². The predicted molar refractivity (Wildman–Crippen MR) is 134 cm³/mol. The summed E-state index contributed by atoms with van der Waals surface area (Å²) in [5.74, 6) is -0.170. The van der Waals surface area contributed by atoms with E-state index in [2.05, 4.69) is 16.0 Å². The summed E-state index contributed by atoms with van der Waals surface area (Å²) in [5, 5.41) is 8.71. The van der Waals surface area contributed by atoms with Crippen LogP contribution in [0, 0.1) is 12.8 Å². The van der Waals surface area contributed by atoms with Gasteiger partial charge in [-0.1, -0.05) is 41.9 Å². The summed E-state index contributed by atoms with van der Waals surface area (Å²) < 4.78 is 0. The predicted octanol–water partition coefficient (Wildman–Crippen LogP) is 4.82. The van der Waals surface area contributed by atoms with Gasteiger partial charge in [-0.2, -0.15) is 0 Å². The van der Waals surface area contributed by atoms with Crippen molar-refractivity contribution in [2.45, 2.75) is 19.8 Å². The zero-order chi connectivity index (χ0) is 24.1. The van der Waals surface area contributed by atoms with E-state index in [-0.39, 0.29) is 24.3 Å². The summed E-state index contributed by atoms with van der Waals surface area (Å²) in [6.07, 6.45) is 2.38. The third-order valence-electron chi connectivity index (χ3n) is 5.76. The Hall–Kier alpha value is -3.64. The van der Waals surface area contributed by atoms with E-state index < -0.39 is 0 Å². The van der Waals surface area contributed by atoms with Crippen LogP contribution in [0.25, 0.3) is 11.1 Å². The van der Waals surface area contributed by atoms with E-state index >= 15 is 0 Å². The number of hydrogen-bond donors (Lipinski definition) is 3. The van der Waals surface area contributed by atoms with Crippen LogP contribution < -0.4 is 16.0 Å². The highest BCUT2D eigenvalue weighted by atomic mass is 35.5. The molecule has 3 amide bonds. The summed E-state index contributed by atoms with van der Waals surface area (Å²) in [6, 6.07) is 19.6. The zero-order valence-corrected chi connectivity index (χ0v) is 19.6. The molecule has 6 nitrogen and oxygen atoms in total. The highest BCUT2D eigenvalue weighted by Crippen LogP contribution is 2.28. The average Bonchev–Trinajstić information content (AvgIpc) is 3.67. The van der Waals surface area contributed by atoms with E-state index in [1.54, 1.807) is 48.5 Å². The number of hydrogen-bond acceptors (Lipinski definition) is 3. The van der Waals surface area contributed by atoms with Crippen molar-refractivity contribution in [2.24, 2.45) is 5.92 Å². The number of para-hydroxylation sites is 1. The first kappa shape index (κ1) is 23.5. The number of aryl methyl sites for hydroxylation is 1. The lowest BCUT2D eigenvalue weighted by molar-refractivity contribution is -0.115. The standard InChI is InChI=1S/C27H26ClN3O3/c1-17-6-9-21(27(34)30-16-25(32)31-24-5-3-2-4-23(24)28)14-22(17)19-10-12-20(13-11-19)26(33)29-15-18-7-8-18/h2-6,9-14,18H,7-8,15-16H2,1H3,(H,29,33)(H,30,34)(H,31,32). The van der Waals surface area contributed by atoms with Gasteiger partial charge in [0.2, 0.25) is 5.91 Å². The second-order valence-corrected chi connectivity index (χ2v) is 8.88. The first-order valence-electron chi connectivity index (χ1n) is 11.2. The molecular weight excluding hydrogens is 450 g/mol. The van der Waals surface area contributed by atoms with Crippen molar-refractivity contribution in [1.29, 1.82) is 0 Å². The van der Waals surface area contributed by atoms with Gasteiger partial charge in [0.1, 0.15) is 0 Å². The Morgan fingerprint density at radius 1 is 0.882 bits per heavy atom. The normalized spacial score (nSPS) is 12.6. The molecule has 3 N–H and O–H groups in total. The van der Waals surface area contributed by atoms with Gasteiger partial charge in [0.15, 0.2) is 0 Å². The molecule has 0 aromatic heterocycles. The molecular formula is C27H26ClN3O3. The molecule has 3 aromatic carbocycles. The van der Waals surface area contributed by atoms with E-state index in [0.717, 1.165) is 23.2 Å². The van der Waals surface area contributed by atoms with Crippen LogP contribution in [0.15, 0.2) is 66.7 Å². The van der Waals surface area contributed by atoms with Gasteiger partial charge in [-0.3, -0.25) is 14.4 Å². The summed E-state index contributed by atoms with van der Waals surface area (Å²) >= 11 is 6.05. The van der Waals surface area contributed by atoms with Gasteiger partial charge in [0.25, 0.3) is 11.8 Å². The minimum Gasteiger partial charge on any atom is -0.352 e. The first-order chi connectivity index (χ1) is 16.4. The van der Waals surface area contributed by atoms with Crippen molar-refractivity contribution < 1.29 is 14.4 Å². The summed E-state index contributed by atoms with van der Waals surface area (Å²) in [4.78, 5) is 37.2. The van der Waals surface area contributed by atoms with Crippen molar-refractivity contribution in [3.8, 4) is 11.1 Å². The van der Waals surface area contributed by atoms with Crippen LogP contribution in [0.2, 0.25) is 5.02 Å². The Morgan fingerprint density at radius 2 is 1.56 bits per heavy atom. The molecule has 1 fully saturated rings. The second-order valence-electron chi connectivity index (χ2n) is 8.47. The highest BCUT2D eigenvalue weighted by molar-refractivity contribution is 6.33. The minimum absolute atomic E-state index is 0.0710. The van der Waals surface area contributed by atoms with Crippen molar-refractivity contribution in [1.82, 2.24) is 10.6 Å². The summed E-state index contributed by atoms with van der Waals surface area (Å²) in [6.45, 7) is 2.51. The monoisotopic (exact) mass is 475 g/mol. The molecule has 0 radical (unpaired) electrons. The molecule has 0 spiro atoms. The van der Waals surface area contributed by atoms with Crippen LogP contribution in [0.4, 0.5) is 5.69 Å². The van der Waals surface area contributed by atoms with Crippen molar-refractivity contribution >= 4 is 35.0 Å². The van der Waals surface area contributed by atoms with Gasteiger partial charge >= 0.3 is 0 Å². The zero-order valence-electron chi connectivity index (χ0n) is 18.9. The number of benzene rings is 3. The van der Waals surface area contributed by atoms with Crippen LogP contribution in [0.5, 0.6) is 0 Å². The van der Waals surface area contributed by atoms with Gasteiger partial charge in [-0.15, -0.1) is 0 Å². The van der Waals surface area contributed by atoms with Crippen LogP contribution in [-0.2, 0) is 4.79 Å². The minimum atomic E-state index is -0.371. The lowest BCUT2D eigenvalue weighted by atomic mass is 9.97. The van der Waals surface area contributed by atoms with Gasteiger partial charge in [0, 0.05) is 17.7 Å². The number of nitrogens with one attached hydrogen (secondary N) is 3. The third-order valence-corrected chi connectivity index (χ3v) is 6.09. The highest BCUT2D eigenvalue weighted by Gasteiger charge is 2.22. The molecule has 0 aliphatic heterocycles. The SMILES string of the molecule is Cc1ccc(C(=O)NCC(=O)Nc2ccccc2Cl)cc1-c1ccc(C(=O)NCC2CC2)cc1.